The van der Waals surface area contributed by atoms with Crippen molar-refractivity contribution < 1.29 is 9.53 Å². The van der Waals surface area contributed by atoms with E-state index in [1.807, 2.05) is 0 Å². The molecule has 0 fully saturated rings. The highest BCUT2D eigenvalue weighted by Crippen LogP contribution is 2.09. The Morgan fingerprint density at radius 2 is 1.29 bits per heavy atom. The monoisotopic (exact) mass is 334 g/mol. The fourth-order valence-corrected chi connectivity index (χ4v) is 2.65. The first-order valence-corrected chi connectivity index (χ1v) is 10.1. The number of ether oxygens (including phenoxy) is 1. The number of hydrogen-bond acceptors (Lipinski definition) is 2. The molecule has 24 heavy (non-hydrogen) atoms. The number of rotatable bonds is 16. The van der Waals surface area contributed by atoms with Crippen LogP contribution in [0.15, 0.2) is 12.2 Å². The second-order valence-corrected chi connectivity index (χ2v) is 6.45. The van der Waals surface area contributed by atoms with E-state index in [9.17, 15) is 4.79 Å². The maximum absolute atomic E-state index is 11.0. The summed E-state index contributed by atoms with van der Waals surface area (Å²) in [6, 6.07) is 0. The van der Waals surface area contributed by atoms with Gasteiger partial charge in [-0.2, -0.15) is 0 Å². The second kappa shape index (κ2) is 19.8. The Kier molecular flexibility index (Phi) is 18.8. The highest BCUT2D eigenvalue weighted by molar-refractivity contribution is 5.88. The summed E-state index contributed by atoms with van der Waals surface area (Å²) < 4.78 is 4.98. The molecule has 0 N–H and O–H groups in total. The molecular formula is C22H38O2. The molecule has 0 aromatic rings. The van der Waals surface area contributed by atoms with Crippen LogP contribution in [0.5, 0.6) is 0 Å². The van der Waals surface area contributed by atoms with Crippen molar-refractivity contribution in [1.29, 1.82) is 0 Å². The molecule has 0 aliphatic rings. The van der Waals surface area contributed by atoms with Gasteiger partial charge in [-0.05, 0) is 39.0 Å². The molecule has 0 bridgehead atoms. The standard InChI is InChI=1S/C22H38O2/c1-3-5-6-7-8-9-10-11-12-13-14-15-16-17-18-19-21-24-22(23)20-4-2/h11-12H,3,5-10,13-19,21H2,1-2H3/b12-11+. The van der Waals surface area contributed by atoms with E-state index in [0.29, 0.717) is 6.61 Å². The predicted molar refractivity (Wildman–Crippen MR) is 104 cm³/mol. The summed E-state index contributed by atoms with van der Waals surface area (Å²) in [6.07, 6.45) is 22.7. The molecule has 0 aromatic carbocycles. The van der Waals surface area contributed by atoms with E-state index >= 15 is 0 Å². The van der Waals surface area contributed by atoms with Crippen molar-refractivity contribution in [1.82, 2.24) is 0 Å². The van der Waals surface area contributed by atoms with Crippen molar-refractivity contribution >= 4 is 5.97 Å². The minimum absolute atomic E-state index is 0.398. The van der Waals surface area contributed by atoms with Crippen molar-refractivity contribution in [3.05, 3.63) is 12.2 Å². The van der Waals surface area contributed by atoms with Crippen molar-refractivity contribution in [3.8, 4) is 11.8 Å². The topological polar surface area (TPSA) is 26.3 Å². The Hall–Kier alpha value is -1.23. The highest BCUT2D eigenvalue weighted by Gasteiger charge is 1.96. The first kappa shape index (κ1) is 22.8. The Morgan fingerprint density at radius 3 is 1.83 bits per heavy atom. The predicted octanol–water partition coefficient (Wildman–Crippen LogP) is 6.59. The van der Waals surface area contributed by atoms with E-state index in [4.69, 9.17) is 4.74 Å². The summed E-state index contributed by atoms with van der Waals surface area (Å²) in [5.41, 5.74) is 0. The highest BCUT2D eigenvalue weighted by atomic mass is 16.5. The first-order chi connectivity index (χ1) is 11.8. The average Bonchev–Trinajstić information content (AvgIpc) is 2.58. The number of carbonyl (C=O) groups excluding carboxylic acids is 1. The van der Waals surface area contributed by atoms with Gasteiger partial charge in [-0.15, -0.1) is 0 Å². The molecule has 0 rings (SSSR count). The molecule has 2 heteroatoms. The van der Waals surface area contributed by atoms with Gasteiger partial charge in [0.25, 0.3) is 0 Å². The molecule has 0 heterocycles. The third-order valence-corrected chi connectivity index (χ3v) is 4.12. The number of hydrogen-bond donors (Lipinski definition) is 0. The van der Waals surface area contributed by atoms with Crippen LogP contribution in [-0.2, 0) is 9.53 Å². The van der Waals surface area contributed by atoms with Crippen molar-refractivity contribution in [3.63, 3.8) is 0 Å². The maximum atomic E-state index is 11.0. The Balaban J connectivity index is 3.15. The van der Waals surface area contributed by atoms with Crippen molar-refractivity contribution in [2.45, 2.75) is 104 Å². The lowest BCUT2D eigenvalue weighted by Gasteiger charge is -2.01. The van der Waals surface area contributed by atoms with Crippen LogP contribution in [0.4, 0.5) is 0 Å². The van der Waals surface area contributed by atoms with Crippen LogP contribution in [0, 0.1) is 11.8 Å². The molecule has 0 spiro atoms. The fourth-order valence-electron chi connectivity index (χ4n) is 2.65. The molecule has 0 atom stereocenters. The molecule has 0 amide bonds. The lowest BCUT2D eigenvalue weighted by atomic mass is 10.1. The molecule has 0 aliphatic heterocycles. The Bertz CT molecular complexity index is 360. The molecule has 0 saturated heterocycles. The SMILES string of the molecule is CC#CC(=O)OCCCCCCCC/C=C/CCCCCCCC. The van der Waals surface area contributed by atoms with E-state index in [1.165, 1.54) is 77.0 Å². The van der Waals surface area contributed by atoms with Crippen LogP contribution in [0.2, 0.25) is 0 Å². The zero-order valence-corrected chi connectivity index (χ0v) is 16.1. The third-order valence-electron chi connectivity index (χ3n) is 4.12. The van der Waals surface area contributed by atoms with Gasteiger partial charge in [-0.25, -0.2) is 4.79 Å². The van der Waals surface area contributed by atoms with Gasteiger partial charge < -0.3 is 4.74 Å². The van der Waals surface area contributed by atoms with E-state index in [1.54, 1.807) is 6.92 Å². The lowest BCUT2D eigenvalue weighted by Crippen LogP contribution is -2.02. The quantitative estimate of drug-likeness (QED) is 0.105. The van der Waals surface area contributed by atoms with Crippen molar-refractivity contribution in [2.24, 2.45) is 0 Å². The normalized spacial score (nSPS) is 10.6. The maximum Gasteiger partial charge on any atom is 0.384 e. The average molecular weight is 335 g/mol. The van der Waals surface area contributed by atoms with Crippen molar-refractivity contribution in [2.75, 3.05) is 6.61 Å². The second-order valence-electron chi connectivity index (χ2n) is 6.45. The summed E-state index contributed by atoms with van der Waals surface area (Å²) in [4.78, 5) is 11.0. The molecule has 0 unspecified atom stereocenters. The van der Waals surface area contributed by atoms with Gasteiger partial charge in [0.1, 0.15) is 0 Å². The molecule has 0 saturated carbocycles. The minimum Gasteiger partial charge on any atom is -0.456 e. The summed E-state index contributed by atoms with van der Waals surface area (Å²) in [6.45, 7) is 4.42. The van der Waals surface area contributed by atoms with Crippen LogP contribution in [-0.4, -0.2) is 12.6 Å². The number of esters is 1. The zero-order chi connectivity index (χ0) is 17.7. The number of unbranched alkanes of at least 4 members (excludes halogenated alkanes) is 12. The van der Waals surface area contributed by atoms with E-state index in [-0.39, 0.29) is 0 Å². The van der Waals surface area contributed by atoms with Gasteiger partial charge in [0.15, 0.2) is 0 Å². The van der Waals surface area contributed by atoms with Crippen LogP contribution in [0.1, 0.15) is 104 Å². The molecular weight excluding hydrogens is 296 g/mol. The van der Waals surface area contributed by atoms with E-state index in [2.05, 4.69) is 30.9 Å². The van der Waals surface area contributed by atoms with Gasteiger partial charge in [-0.3, -0.25) is 0 Å². The molecule has 0 aliphatic carbocycles. The van der Waals surface area contributed by atoms with Gasteiger partial charge >= 0.3 is 5.97 Å². The summed E-state index contributed by atoms with van der Waals surface area (Å²) >= 11 is 0. The van der Waals surface area contributed by atoms with Gasteiger partial charge in [-0.1, -0.05) is 82.8 Å². The zero-order valence-electron chi connectivity index (χ0n) is 16.1. The lowest BCUT2D eigenvalue weighted by molar-refractivity contribution is -0.136. The molecule has 0 aromatic heterocycles. The minimum atomic E-state index is -0.398. The third kappa shape index (κ3) is 18.8. The van der Waals surface area contributed by atoms with Gasteiger partial charge in [0.2, 0.25) is 0 Å². The first-order valence-electron chi connectivity index (χ1n) is 10.1. The van der Waals surface area contributed by atoms with Crippen LogP contribution in [0.3, 0.4) is 0 Å². The summed E-state index contributed by atoms with van der Waals surface area (Å²) in [5.74, 6) is 4.53. The van der Waals surface area contributed by atoms with Crippen LogP contribution >= 0.6 is 0 Å². The largest absolute Gasteiger partial charge is 0.456 e. The fraction of sp³-hybridized carbons (Fsp3) is 0.773. The number of allylic oxidation sites excluding steroid dienone is 2. The Labute approximate surface area is 150 Å². The van der Waals surface area contributed by atoms with Gasteiger partial charge in [0, 0.05) is 5.92 Å². The van der Waals surface area contributed by atoms with Crippen LogP contribution < -0.4 is 0 Å². The summed E-state index contributed by atoms with van der Waals surface area (Å²) in [5, 5.41) is 0. The smallest absolute Gasteiger partial charge is 0.384 e. The molecule has 138 valence electrons. The molecule has 0 radical (unpaired) electrons. The Morgan fingerprint density at radius 1 is 0.792 bits per heavy atom. The van der Waals surface area contributed by atoms with Crippen LogP contribution in [0.25, 0.3) is 0 Å². The molecule has 2 nitrogen and oxygen atoms in total. The van der Waals surface area contributed by atoms with Gasteiger partial charge in [0.05, 0.1) is 6.61 Å². The summed E-state index contributed by atoms with van der Waals surface area (Å²) in [7, 11) is 0. The number of carbonyl (C=O) groups is 1. The van der Waals surface area contributed by atoms with E-state index in [0.717, 1.165) is 12.8 Å². The van der Waals surface area contributed by atoms with E-state index < -0.39 is 5.97 Å².